The molecule has 1 N–H and O–H groups in total. The van der Waals surface area contributed by atoms with E-state index in [4.69, 9.17) is 5.26 Å². The Morgan fingerprint density at radius 3 is 2.86 bits per heavy atom. The summed E-state index contributed by atoms with van der Waals surface area (Å²) in [5, 5.41) is 21.5. The van der Waals surface area contributed by atoms with Crippen LogP contribution >= 0.6 is 0 Å². The smallest absolute Gasteiger partial charge is 0.124 e. The average molecular weight is 279 g/mol. The van der Waals surface area contributed by atoms with Crippen molar-refractivity contribution in [1.82, 2.24) is 14.9 Å². The van der Waals surface area contributed by atoms with Crippen LogP contribution in [0.15, 0.2) is 24.3 Å². The predicted molar refractivity (Wildman–Crippen MR) is 79.2 cm³/mol. The largest absolute Gasteiger partial charge is 0.327 e. The second-order valence-electron chi connectivity index (χ2n) is 5.41. The van der Waals surface area contributed by atoms with Gasteiger partial charge in [-0.25, -0.2) is 4.98 Å². The van der Waals surface area contributed by atoms with Crippen molar-refractivity contribution in [3.05, 3.63) is 30.1 Å². The zero-order valence-corrected chi connectivity index (χ0v) is 11.8. The number of aromatic nitrogens is 2. The SMILES string of the molecule is N#CCc1nc2ccccc2n1CCC(C#N)NC1CC1. The molecular formula is C16H17N5. The topological polar surface area (TPSA) is 77.4 Å². The highest BCUT2D eigenvalue weighted by Gasteiger charge is 2.24. The van der Waals surface area contributed by atoms with E-state index in [-0.39, 0.29) is 6.04 Å². The van der Waals surface area contributed by atoms with Crippen LogP contribution < -0.4 is 5.32 Å². The number of hydrogen-bond donors (Lipinski definition) is 1. The van der Waals surface area contributed by atoms with Gasteiger partial charge in [0.1, 0.15) is 5.82 Å². The van der Waals surface area contributed by atoms with Gasteiger partial charge in [-0.1, -0.05) is 12.1 Å². The van der Waals surface area contributed by atoms with Gasteiger partial charge in [0.2, 0.25) is 0 Å². The molecule has 0 spiro atoms. The van der Waals surface area contributed by atoms with Gasteiger partial charge in [0, 0.05) is 12.6 Å². The van der Waals surface area contributed by atoms with Gasteiger partial charge in [-0.2, -0.15) is 10.5 Å². The molecule has 1 fully saturated rings. The summed E-state index contributed by atoms with van der Waals surface area (Å²) in [6.07, 6.45) is 3.37. The molecule has 0 amide bonds. The molecular weight excluding hydrogens is 262 g/mol. The lowest BCUT2D eigenvalue weighted by molar-refractivity contribution is 0.514. The molecule has 1 heterocycles. The number of para-hydroxylation sites is 2. The molecule has 0 aliphatic heterocycles. The van der Waals surface area contributed by atoms with Crippen molar-refractivity contribution < 1.29 is 0 Å². The molecule has 1 atom stereocenters. The van der Waals surface area contributed by atoms with E-state index in [2.05, 4.69) is 27.0 Å². The Labute approximate surface area is 123 Å². The summed E-state index contributed by atoms with van der Waals surface area (Å²) in [4.78, 5) is 4.52. The van der Waals surface area contributed by atoms with Crippen LogP contribution in [0.1, 0.15) is 25.1 Å². The molecule has 1 aliphatic carbocycles. The first-order valence-corrected chi connectivity index (χ1v) is 7.28. The van der Waals surface area contributed by atoms with Crippen LogP contribution in [0.2, 0.25) is 0 Å². The highest BCUT2D eigenvalue weighted by molar-refractivity contribution is 5.75. The van der Waals surface area contributed by atoms with Crippen LogP contribution in [-0.2, 0) is 13.0 Å². The zero-order valence-electron chi connectivity index (χ0n) is 11.8. The number of rotatable bonds is 6. The number of benzene rings is 1. The van der Waals surface area contributed by atoms with Crippen LogP contribution in [0, 0.1) is 22.7 Å². The summed E-state index contributed by atoms with van der Waals surface area (Å²) >= 11 is 0. The fourth-order valence-electron chi connectivity index (χ4n) is 2.56. The van der Waals surface area contributed by atoms with Crippen molar-refractivity contribution >= 4 is 11.0 Å². The second-order valence-corrected chi connectivity index (χ2v) is 5.41. The number of nitrogens with zero attached hydrogens (tertiary/aromatic N) is 4. The van der Waals surface area contributed by atoms with E-state index in [9.17, 15) is 5.26 Å². The molecule has 0 radical (unpaired) electrons. The average Bonchev–Trinajstić information content (AvgIpc) is 3.25. The predicted octanol–water partition coefficient (Wildman–Crippen LogP) is 2.14. The van der Waals surface area contributed by atoms with Gasteiger partial charge < -0.3 is 4.57 Å². The lowest BCUT2D eigenvalue weighted by Gasteiger charge is -2.13. The van der Waals surface area contributed by atoms with Crippen LogP contribution in [0.25, 0.3) is 11.0 Å². The van der Waals surface area contributed by atoms with Crippen molar-refractivity contribution in [2.45, 2.75) is 44.3 Å². The van der Waals surface area contributed by atoms with Crippen molar-refractivity contribution in [3.63, 3.8) is 0 Å². The van der Waals surface area contributed by atoms with Gasteiger partial charge in [-0.05, 0) is 31.4 Å². The summed E-state index contributed by atoms with van der Waals surface area (Å²) in [6, 6.07) is 12.8. The van der Waals surface area contributed by atoms with E-state index in [0.717, 1.165) is 23.3 Å². The first-order chi connectivity index (χ1) is 10.3. The summed E-state index contributed by atoms with van der Waals surface area (Å²) in [5.41, 5.74) is 1.94. The van der Waals surface area contributed by atoms with E-state index in [0.29, 0.717) is 19.0 Å². The van der Waals surface area contributed by atoms with Gasteiger partial charge in [-0.3, -0.25) is 5.32 Å². The van der Waals surface area contributed by atoms with Crippen LogP contribution in [0.4, 0.5) is 0 Å². The third-order valence-corrected chi connectivity index (χ3v) is 3.78. The zero-order chi connectivity index (χ0) is 14.7. The first-order valence-electron chi connectivity index (χ1n) is 7.28. The summed E-state index contributed by atoms with van der Waals surface area (Å²) in [6.45, 7) is 0.704. The van der Waals surface area contributed by atoms with Crippen LogP contribution in [-0.4, -0.2) is 21.6 Å². The number of nitriles is 2. The molecule has 1 aromatic carbocycles. The molecule has 5 heteroatoms. The number of hydrogen-bond acceptors (Lipinski definition) is 4. The highest BCUT2D eigenvalue weighted by Crippen LogP contribution is 2.21. The lowest BCUT2D eigenvalue weighted by atomic mass is 10.2. The van der Waals surface area contributed by atoms with Gasteiger partial charge in [0.05, 0.1) is 35.6 Å². The maximum atomic E-state index is 9.23. The monoisotopic (exact) mass is 279 g/mol. The third kappa shape index (κ3) is 3.04. The molecule has 2 aromatic rings. The molecule has 0 saturated heterocycles. The van der Waals surface area contributed by atoms with E-state index in [1.807, 2.05) is 24.3 Å². The molecule has 0 bridgehead atoms. The van der Waals surface area contributed by atoms with Crippen LogP contribution in [0.5, 0.6) is 0 Å². The minimum atomic E-state index is -0.131. The molecule has 1 saturated carbocycles. The molecule has 106 valence electrons. The first kappa shape index (κ1) is 13.6. The number of nitrogens with one attached hydrogen (secondary N) is 1. The molecule has 21 heavy (non-hydrogen) atoms. The van der Waals surface area contributed by atoms with Gasteiger partial charge in [-0.15, -0.1) is 0 Å². The van der Waals surface area contributed by atoms with Gasteiger partial charge in [0.15, 0.2) is 0 Å². The standard InChI is InChI=1S/C16H17N5/c17-9-7-16-20-14-3-1-2-4-15(14)21(16)10-8-13(11-18)19-12-5-6-12/h1-4,12-13,19H,5-8,10H2. The molecule has 5 nitrogen and oxygen atoms in total. The summed E-state index contributed by atoms with van der Waals surface area (Å²) < 4.78 is 2.07. The molecule has 1 unspecified atom stereocenters. The van der Waals surface area contributed by atoms with E-state index < -0.39 is 0 Å². The Bertz CT molecular complexity index is 714. The molecule has 3 rings (SSSR count). The second kappa shape index (κ2) is 5.95. The Hall–Kier alpha value is -2.37. The highest BCUT2D eigenvalue weighted by atomic mass is 15.1. The number of aryl methyl sites for hydroxylation is 1. The van der Waals surface area contributed by atoms with Crippen molar-refractivity contribution in [3.8, 4) is 12.1 Å². The lowest BCUT2D eigenvalue weighted by Crippen LogP contribution is -2.30. The summed E-state index contributed by atoms with van der Waals surface area (Å²) in [5.74, 6) is 0.779. The third-order valence-electron chi connectivity index (χ3n) is 3.78. The minimum absolute atomic E-state index is 0.131. The Morgan fingerprint density at radius 2 is 2.14 bits per heavy atom. The van der Waals surface area contributed by atoms with E-state index in [1.165, 1.54) is 12.8 Å². The van der Waals surface area contributed by atoms with Gasteiger partial charge in [0.25, 0.3) is 0 Å². The van der Waals surface area contributed by atoms with Gasteiger partial charge >= 0.3 is 0 Å². The van der Waals surface area contributed by atoms with Crippen LogP contribution in [0.3, 0.4) is 0 Å². The summed E-state index contributed by atoms with van der Waals surface area (Å²) in [7, 11) is 0. The van der Waals surface area contributed by atoms with Crippen molar-refractivity contribution in [2.75, 3.05) is 0 Å². The fourth-order valence-corrected chi connectivity index (χ4v) is 2.56. The Morgan fingerprint density at radius 1 is 1.33 bits per heavy atom. The number of imidazole rings is 1. The van der Waals surface area contributed by atoms with Crippen molar-refractivity contribution in [2.24, 2.45) is 0 Å². The fraction of sp³-hybridized carbons (Fsp3) is 0.438. The van der Waals surface area contributed by atoms with E-state index >= 15 is 0 Å². The maximum absolute atomic E-state index is 9.23. The maximum Gasteiger partial charge on any atom is 0.124 e. The normalized spacial score (nSPS) is 15.5. The van der Waals surface area contributed by atoms with Crippen molar-refractivity contribution in [1.29, 1.82) is 10.5 Å². The quantitative estimate of drug-likeness (QED) is 0.878. The van der Waals surface area contributed by atoms with E-state index in [1.54, 1.807) is 0 Å². The number of fused-ring (bicyclic) bond motifs is 1. The molecule has 1 aliphatic rings. The Kier molecular flexibility index (Phi) is 3.85. The molecule has 1 aromatic heterocycles. The Balaban J connectivity index is 1.79. The minimum Gasteiger partial charge on any atom is -0.327 e.